The molecular weight excluding hydrogens is 325 g/mol. The number of likely N-dealkylation sites (N-methyl/N-ethyl adjacent to an activating group) is 1. The fourth-order valence-corrected chi connectivity index (χ4v) is 3.35. The molecule has 3 nitrogen and oxygen atoms in total. The largest absolute Gasteiger partial charge is 0.298 e. The zero-order chi connectivity index (χ0) is 18.1. The average Bonchev–Trinajstić information content (AvgIpc) is 2.80. The van der Waals surface area contributed by atoms with Crippen LogP contribution in [0.5, 0.6) is 0 Å². The molecule has 3 aromatic rings. The Bertz CT molecular complexity index is 977. The maximum Gasteiger partial charge on any atom is 0.131 e. The van der Waals surface area contributed by atoms with Gasteiger partial charge in [-0.25, -0.2) is 4.39 Å². The van der Waals surface area contributed by atoms with E-state index < -0.39 is 0 Å². The maximum atomic E-state index is 14.4. The third-order valence-corrected chi connectivity index (χ3v) is 4.70. The average molecular weight is 345 g/mol. The van der Waals surface area contributed by atoms with Gasteiger partial charge < -0.3 is 0 Å². The summed E-state index contributed by atoms with van der Waals surface area (Å²) >= 11 is 0. The molecular formula is C22H20FN3. The molecule has 0 unspecified atom stereocenters. The Morgan fingerprint density at radius 3 is 2.58 bits per heavy atom. The lowest BCUT2D eigenvalue weighted by molar-refractivity contribution is 0.366. The first-order valence-electron chi connectivity index (χ1n) is 8.69. The lowest BCUT2D eigenvalue weighted by atomic mass is 9.92. The second kappa shape index (κ2) is 6.81. The van der Waals surface area contributed by atoms with E-state index in [0.29, 0.717) is 5.56 Å². The van der Waals surface area contributed by atoms with E-state index in [1.54, 1.807) is 6.07 Å². The van der Waals surface area contributed by atoms with Gasteiger partial charge in [-0.3, -0.25) is 4.90 Å². The fraction of sp³-hybridized carbons (Fsp3) is 0.182. The molecule has 0 amide bonds. The summed E-state index contributed by atoms with van der Waals surface area (Å²) < 4.78 is 14.4. The predicted octanol–water partition coefficient (Wildman–Crippen LogP) is 4.47. The summed E-state index contributed by atoms with van der Waals surface area (Å²) in [5.74, 6) is -0.192. The molecule has 0 saturated heterocycles. The third-order valence-electron chi connectivity index (χ3n) is 4.70. The normalized spacial score (nSPS) is 14.5. The van der Waals surface area contributed by atoms with Crippen LogP contribution >= 0.6 is 0 Å². The number of fused-ring (bicyclic) bond motifs is 1. The Labute approximate surface area is 152 Å². The Morgan fingerprint density at radius 1 is 0.962 bits per heavy atom. The van der Waals surface area contributed by atoms with Gasteiger partial charge >= 0.3 is 0 Å². The van der Waals surface area contributed by atoms with Crippen molar-refractivity contribution in [3.63, 3.8) is 0 Å². The van der Waals surface area contributed by atoms with E-state index in [0.717, 1.165) is 41.2 Å². The van der Waals surface area contributed by atoms with E-state index in [1.807, 2.05) is 37.3 Å². The van der Waals surface area contributed by atoms with Crippen LogP contribution in [0.4, 0.5) is 4.39 Å². The lowest BCUT2D eigenvalue weighted by Gasteiger charge is -2.15. The van der Waals surface area contributed by atoms with Crippen molar-refractivity contribution in [1.29, 1.82) is 0 Å². The van der Waals surface area contributed by atoms with Crippen LogP contribution in [0.3, 0.4) is 0 Å². The highest BCUT2D eigenvalue weighted by Gasteiger charge is 2.18. The van der Waals surface area contributed by atoms with Crippen molar-refractivity contribution in [3.8, 4) is 11.3 Å². The molecule has 1 aromatic heterocycles. The molecule has 2 heterocycles. The second-order valence-electron chi connectivity index (χ2n) is 6.73. The molecule has 4 rings (SSSR count). The van der Waals surface area contributed by atoms with Gasteiger partial charge in [0.15, 0.2) is 0 Å². The van der Waals surface area contributed by atoms with Crippen molar-refractivity contribution in [2.45, 2.75) is 13.5 Å². The van der Waals surface area contributed by atoms with Gasteiger partial charge in [-0.1, -0.05) is 36.4 Å². The Hall–Kier alpha value is -2.85. The van der Waals surface area contributed by atoms with Gasteiger partial charge in [0, 0.05) is 24.2 Å². The van der Waals surface area contributed by atoms with Crippen LogP contribution < -0.4 is 0 Å². The summed E-state index contributed by atoms with van der Waals surface area (Å²) in [6, 6.07) is 17.2. The molecule has 0 atom stereocenters. The minimum absolute atomic E-state index is 0.192. The highest BCUT2D eigenvalue weighted by atomic mass is 19.1. The highest BCUT2D eigenvalue weighted by Crippen LogP contribution is 2.33. The van der Waals surface area contributed by atoms with Crippen molar-refractivity contribution in [2.75, 3.05) is 13.6 Å². The predicted molar refractivity (Wildman–Crippen MR) is 102 cm³/mol. The SMILES string of the molecule is Cc1ccc(-c2ccc3c(c2)CN(C)CC=C3c2ccccc2F)nn1. The minimum atomic E-state index is -0.192. The summed E-state index contributed by atoms with van der Waals surface area (Å²) in [4.78, 5) is 2.22. The van der Waals surface area contributed by atoms with E-state index in [4.69, 9.17) is 0 Å². The minimum Gasteiger partial charge on any atom is -0.298 e. The van der Waals surface area contributed by atoms with Crippen molar-refractivity contribution in [1.82, 2.24) is 15.1 Å². The number of hydrogen-bond donors (Lipinski definition) is 0. The number of hydrogen-bond acceptors (Lipinski definition) is 3. The van der Waals surface area contributed by atoms with Gasteiger partial charge in [0.1, 0.15) is 5.82 Å². The number of aryl methyl sites for hydroxylation is 1. The molecule has 0 spiro atoms. The van der Waals surface area contributed by atoms with Gasteiger partial charge in [0.25, 0.3) is 0 Å². The van der Waals surface area contributed by atoms with Gasteiger partial charge in [-0.05, 0) is 54.9 Å². The molecule has 0 aliphatic carbocycles. The van der Waals surface area contributed by atoms with Crippen molar-refractivity contribution in [3.05, 3.63) is 88.9 Å². The molecule has 1 aliphatic rings. The van der Waals surface area contributed by atoms with Crippen LogP contribution in [-0.2, 0) is 6.54 Å². The first-order chi connectivity index (χ1) is 12.6. The van der Waals surface area contributed by atoms with Crippen LogP contribution in [0.2, 0.25) is 0 Å². The molecule has 26 heavy (non-hydrogen) atoms. The number of aromatic nitrogens is 2. The van der Waals surface area contributed by atoms with E-state index >= 15 is 0 Å². The third kappa shape index (κ3) is 3.16. The summed E-state index contributed by atoms with van der Waals surface area (Å²) in [5, 5.41) is 8.45. The van der Waals surface area contributed by atoms with Crippen molar-refractivity contribution >= 4 is 5.57 Å². The molecule has 130 valence electrons. The van der Waals surface area contributed by atoms with Crippen LogP contribution in [0.15, 0.2) is 60.7 Å². The Morgan fingerprint density at radius 2 is 1.81 bits per heavy atom. The Kier molecular flexibility index (Phi) is 4.35. The maximum absolute atomic E-state index is 14.4. The van der Waals surface area contributed by atoms with Gasteiger partial charge in [0.05, 0.1) is 11.4 Å². The first-order valence-corrected chi connectivity index (χ1v) is 8.69. The first kappa shape index (κ1) is 16.6. The van der Waals surface area contributed by atoms with Crippen molar-refractivity contribution < 1.29 is 4.39 Å². The molecule has 4 heteroatoms. The fourth-order valence-electron chi connectivity index (χ4n) is 3.35. The second-order valence-corrected chi connectivity index (χ2v) is 6.73. The van der Waals surface area contributed by atoms with Gasteiger partial charge in [0.2, 0.25) is 0 Å². The van der Waals surface area contributed by atoms with E-state index in [2.05, 4.69) is 40.4 Å². The molecule has 2 aromatic carbocycles. The number of halogens is 1. The van der Waals surface area contributed by atoms with Gasteiger partial charge in [-0.2, -0.15) is 10.2 Å². The number of benzene rings is 2. The number of rotatable bonds is 2. The van der Waals surface area contributed by atoms with Crippen LogP contribution in [0, 0.1) is 12.7 Å². The van der Waals surface area contributed by atoms with Crippen LogP contribution in [0.1, 0.15) is 22.4 Å². The summed E-state index contributed by atoms with van der Waals surface area (Å²) in [6.07, 6.45) is 2.11. The summed E-state index contributed by atoms with van der Waals surface area (Å²) in [5.41, 5.74) is 6.60. The Balaban J connectivity index is 1.83. The number of nitrogens with zero attached hydrogens (tertiary/aromatic N) is 3. The lowest BCUT2D eigenvalue weighted by Crippen LogP contribution is -2.16. The zero-order valence-electron chi connectivity index (χ0n) is 14.9. The molecule has 0 fully saturated rings. The molecule has 0 radical (unpaired) electrons. The highest BCUT2D eigenvalue weighted by molar-refractivity contribution is 5.83. The molecule has 1 aliphatic heterocycles. The summed E-state index contributed by atoms with van der Waals surface area (Å²) in [7, 11) is 2.07. The molecule has 0 saturated carbocycles. The molecule has 0 N–H and O–H groups in total. The van der Waals surface area contributed by atoms with Crippen LogP contribution in [-0.4, -0.2) is 28.7 Å². The monoisotopic (exact) mass is 345 g/mol. The van der Waals surface area contributed by atoms with Crippen LogP contribution in [0.25, 0.3) is 16.8 Å². The van der Waals surface area contributed by atoms with E-state index in [1.165, 1.54) is 11.6 Å². The topological polar surface area (TPSA) is 29.0 Å². The molecule has 0 bridgehead atoms. The van der Waals surface area contributed by atoms with E-state index in [9.17, 15) is 4.39 Å². The van der Waals surface area contributed by atoms with E-state index in [-0.39, 0.29) is 5.82 Å². The zero-order valence-corrected chi connectivity index (χ0v) is 14.9. The summed E-state index contributed by atoms with van der Waals surface area (Å²) in [6.45, 7) is 3.50. The smallest absolute Gasteiger partial charge is 0.131 e. The van der Waals surface area contributed by atoms with Crippen molar-refractivity contribution in [2.24, 2.45) is 0 Å². The van der Waals surface area contributed by atoms with Gasteiger partial charge in [-0.15, -0.1) is 0 Å². The standard InChI is InChI=1S/C22H20FN3/c1-15-7-10-22(25-24-15)16-8-9-18-17(13-16)14-26(2)12-11-19(18)20-5-3-4-6-21(20)23/h3-11,13H,12,14H2,1-2H3. The quantitative estimate of drug-likeness (QED) is 0.686.